The van der Waals surface area contributed by atoms with Crippen molar-refractivity contribution >= 4 is 12.2 Å². The SMILES string of the molecule is Cc1ccc(C=Cc2ccc(-c3ccc(C4CCCCC4)c(F)c3F)cc2)cc1F. The number of rotatable bonds is 4. The van der Waals surface area contributed by atoms with Crippen LogP contribution in [0.5, 0.6) is 0 Å². The Labute approximate surface area is 176 Å². The van der Waals surface area contributed by atoms with Crippen molar-refractivity contribution in [3.8, 4) is 11.1 Å². The van der Waals surface area contributed by atoms with E-state index in [-0.39, 0.29) is 17.3 Å². The maximum absolute atomic E-state index is 14.8. The second-order valence-electron chi connectivity index (χ2n) is 8.13. The molecule has 1 aliphatic rings. The fourth-order valence-corrected chi connectivity index (χ4v) is 4.20. The number of aryl methyl sites for hydroxylation is 1. The molecule has 0 aliphatic heterocycles. The van der Waals surface area contributed by atoms with Crippen LogP contribution in [0.1, 0.15) is 60.3 Å². The fraction of sp³-hybridized carbons (Fsp3) is 0.259. The van der Waals surface area contributed by atoms with Crippen molar-refractivity contribution < 1.29 is 13.2 Å². The number of benzene rings is 3. The van der Waals surface area contributed by atoms with Crippen LogP contribution in [-0.4, -0.2) is 0 Å². The molecule has 154 valence electrons. The van der Waals surface area contributed by atoms with Crippen molar-refractivity contribution in [2.75, 3.05) is 0 Å². The summed E-state index contributed by atoms with van der Waals surface area (Å²) in [6, 6.07) is 15.8. The minimum atomic E-state index is -0.767. The predicted molar refractivity (Wildman–Crippen MR) is 118 cm³/mol. The van der Waals surface area contributed by atoms with E-state index in [9.17, 15) is 13.2 Å². The minimum absolute atomic E-state index is 0.126. The van der Waals surface area contributed by atoms with E-state index < -0.39 is 11.6 Å². The number of hydrogen-bond donors (Lipinski definition) is 0. The van der Waals surface area contributed by atoms with E-state index in [1.54, 1.807) is 37.3 Å². The van der Waals surface area contributed by atoms with Gasteiger partial charge < -0.3 is 0 Å². The second kappa shape index (κ2) is 8.91. The molecule has 3 aromatic rings. The summed E-state index contributed by atoms with van der Waals surface area (Å²) in [5, 5.41) is 0. The Morgan fingerprint density at radius 1 is 0.733 bits per heavy atom. The normalized spacial score (nSPS) is 15.1. The Bertz CT molecular complexity index is 1060. The van der Waals surface area contributed by atoms with Gasteiger partial charge >= 0.3 is 0 Å². The van der Waals surface area contributed by atoms with Gasteiger partial charge in [0.2, 0.25) is 0 Å². The van der Waals surface area contributed by atoms with Gasteiger partial charge in [-0.25, -0.2) is 13.2 Å². The minimum Gasteiger partial charge on any atom is -0.207 e. The molecular formula is C27H25F3. The highest BCUT2D eigenvalue weighted by atomic mass is 19.2. The van der Waals surface area contributed by atoms with Crippen molar-refractivity contribution in [1.29, 1.82) is 0 Å². The van der Waals surface area contributed by atoms with Crippen LogP contribution in [0.2, 0.25) is 0 Å². The summed E-state index contributed by atoms with van der Waals surface area (Å²) >= 11 is 0. The van der Waals surface area contributed by atoms with Crippen LogP contribution in [0, 0.1) is 24.4 Å². The first-order valence-corrected chi connectivity index (χ1v) is 10.6. The molecule has 0 saturated heterocycles. The first kappa shape index (κ1) is 20.5. The molecule has 0 aromatic heterocycles. The largest absolute Gasteiger partial charge is 0.207 e. The molecule has 0 radical (unpaired) electrons. The maximum Gasteiger partial charge on any atom is 0.166 e. The molecule has 0 heterocycles. The van der Waals surface area contributed by atoms with E-state index >= 15 is 0 Å². The first-order valence-electron chi connectivity index (χ1n) is 10.6. The summed E-state index contributed by atoms with van der Waals surface area (Å²) in [5.74, 6) is -1.58. The summed E-state index contributed by atoms with van der Waals surface area (Å²) in [5.41, 5.74) is 3.72. The van der Waals surface area contributed by atoms with E-state index in [2.05, 4.69) is 0 Å². The molecule has 3 heteroatoms. The van der Waals surface area contributed by atoms with Gasteiger partial charge in [-0.1, -0.05) is 79.9 Å². The van der Waals surface area contributed by atoms with Gasteiger partial charge in [-0.05, 0) is 59.6 Å². The Kier molecular flexibility index (Phi) is 6.08. The zero-order chi connectivity index (χ0) is 21.1. The van der Waals surface area contributed by atoms with Gasteiger partial charge in [-0.2, -0.15) is 0 Å². The van der Waals surface area contributed by atoms with Gasteiger partial charge in [0, 0.05) is 5.56 Å². The van der Waals surface area contributed by atoms with Crippen molar-refractivity contribution in [1.82, 2.24) is 0 Å². The second-order valence-corrected chi connectivity index (χ2v) is 8.13. The average molecular weight is 406 g/mol. The molecule has 1 aliphatic carbocycles. The van der Waals surface area contributed by atoms with Crippen LogP contribution in [0.3, 0.4) is 0 Å². The van der Waals surface area contributed by atoms with Crippen LogP contribution in [-0.2, 0) is 0 Å². The summed E-state index contributed by atoms with van der Waals surface area (Å²) in [7, 11) is 0. The van der Waals surface area contributed by atoms with Crippen LogP contribution < -0.4 is 0 Å². The van der Waals surface area contributed by atoms with Crippen molar-refractivity contribution in [2.45, 2.75) is 44.9 Å². The molecule has 0 nitrogen and oxygen atoms in total. The Morgan fingerprint density at radius 2 is 1.40 bits per heavy atom. The third-order valence-corrected chi connectivity index (χ3v) is 6.04. The van der Waals surface area contributed by atoms with Gasteiger partial charge in [0.05, 0.1) is 0 Å². The maximum atomic E-state index is 14.8. The molecule has 0 atom stereocenters. The van der Waals surface area contributed by atoms with Crippen molar-refractivity contribution in [2.24, 2.45) is 0 Å². The molecular weight excluding hydrogens is 381 g/mol. The third kappa shape index (κ3) is 4.35. The van der Waals surface area contributed by atoms with Crippen molar-refractivity contribution in [3.63, 3.8) is 0 Å². The quantitative estimate of drug-likeness (QED) is 0.382. The lowest BCUT2D eigenvalue weighted by Gasteiger charge is -2.23. The lowest BCUT2D eigenvalue weighted by Crippen LogP contribution is -2.08. The van der Waals surface area contributed by atoms with Gasteiger partial charge in [-0.3, -0.25) is 0 Å². The molecule has 4 rings (SSSR count). The molecule has 0 bridgehead atoms. The Balaban J connectivity index is 1.54. The van der Waals surface area contributed by atoms with Gasteiger partial charge in [-0.15, -0.1) is 0 Å². The molecule has 0 unspecified atom stereocenters. The summed E-state index contributed by atoms with van der Waals surface area (Å²) in [4.78, 5) is 0. The zero-order valence-electron chi connectivity index (χ0n) is 17.1. The van der Waals surface area contributed by atoms with Crippen LogP contribution in [0.25, 0.3) is 23.3 Å². The lowest BCUT2D eigenvalue weighted by atomic mass is 9.83. The monoisotopic (exact) mass is 406 g/mol. The summed E-state index contributed by atoms with van der Waals surface area (Å²) < 4.78 is 43.2. The number of halogens is 3. The van der Waals surface area contributed by atoms with Gasteiger partial charge in [0.1, 0.15) is 5.82 Å². The predicted octanol–water partition coefficient (Wildman–Crippen LogP) is 8.30. The highest BCUT2D eigenvalue weighted by molar-refractivity contribution is 5.72. The van der Waals surface area contributed by atoms with E-state index in [0.717, 1.165) is 36.8 Å². The summed E-state index contributed by atoms with van der Waals surface area (Å²) in [6.07, 6.45) is 8.91. The Hall–Kier alpha value is -2.81. The fourth-order valence-electron chi connectivity index (χ4n) is 4.20. The zero-order valence-corrected chi connectivity index (χ0v) is 17.1. The molecule has 1 saturated carbocycles. The van der Waals surface area contributed by atoms with E-state index in [1.807, 2.05) is 30.4 Å². The van der Waals surface area contributed by atoms with Crippen LogP contribution >= 0.6 is 0 Å². The highest BCUT2D eigenvalue weighted by Crippen LogP contribution is 2.37. The lowest BCUT2D eigenvalue weighted by molar-refractivity contribution is 0.418. The van der Waals surface area contributed by atoms with E-state index in [4.69, 9.17) is 0 Å². The van der Waals surface area contributed by atoms with Gasteiger partial charge in [0.25, 0.3) is 0 Å². The van der Waals surface area contributed by atoms with E-state index in [1.165, 1.54) is 12.5 Å². The van der Waals surface area contributed by atoms with Crippen LogP contribution in [0.15, 0.2) is 54.6 Å². The molecule has 0 spiro atoms. The first-order chi connectivity index (χ1) is 14.5. The Morgan fingerprint density at radius 3 is 2.10 bits per heavy atom. The van der Waals surface area contributed by atoms with Crippen molar-refractivity contribution in [3.05, 3.63) is 94.3 Å². The summed E-state index contributed by atoms with van der Waals surface area (Å²) in [6.45, 7) is 1.73. The molecule has 0 N–H and O–H groups in total. The average Bonchev–Trinajstić information content (AvgIpc) is 2.77. The number of hydrogen-bond acceptors (Lipinski definition) is 0. The molecule has 30 heavy (non-hydrogen) atoms. The van der Waals surface area contributed by atoms with Gasteiger partial charge in [0.15, 0.2) is 11.6 Å². The highest BCUT2D eigenvalue weighted by Gasteiger charge is 2.22. The molecule has 0 amide bonds. The van der Waals surface area contributed by atoms with E-state index in [0.29, 0.717) is 16.7 Å². The molecule has 1 fully saturated rings. The third-order valence-electron chi connectivity index (χ3n) is 6.04. The smallest absolute Gasteiger partial charge is 0.166 e. The molecule has 3 aromatic carbocycles. The standard InChI is InChI=1S/C27H25F3/c1-18-7-8-20(17-25(18)28)10-9-19-11-13-22(14-12-19)24-16-15-23(26(29)27(24)30)21-5-3-2-4-6-21/h7-17,21H,2-6H2,1H3. The topological polar surface area (TPSA) is 0 Å². The van der Waals surface area contributed by atoms with Crippen LogP contribution in [0.4, 0.5) is 13.2 Å².